The van der Waals surface area contributed by atoms with E-state index < -0.39 is 12.4 Å². The zero-order valence-corrected chi connectivity index (χ0v) is 6.74. The third kappa shape index (κ3) is 0.917. The summed E-state index contributed by atoms with van der Waals surface area (Å²) in [6.45, 7) is 0.552. The van der Waals surface area contributed by atoms with Crippen molar-refractivity contribution >= 4 is 15.9 Å². The number of ether oxygens (including phenoxy) is 2. The maximum atomic E-state index is 9.30. The fraction of sp³-hybridized carbons (Fsp3) is 0.667. The van der Waals surface area contributed by atoms with E-state index in [0.717, 1.165) is 4.48 Å². The topological polar surface area (TPSA) is 38.7 Å². The van der Waals surface area contributed by atoms with E-state index in [2.05, 4.69) is 15.9 Å². The lowest BCUT2D eigenvalue weighted by atomic mass is 10.2. The van der Waals surface area contributed by atoms with Gasteiger partial charge in [-0.25, -0.2) is 0 Å². The number of halogens is 1. The van der Waals surface area contributed by atoms with Crippen molar-refractivity contribution in [3.05, 3.63) is 10.6 Å². The van der Waals surface area contributed by atoms with Crippen LogP contribution in [0.4, 0.5) is 0 Å². The van der Waals surface area contributed by atoms with Crippen molar-refractivity contribution in [1.29, 1.82) is 0 Å². The van der Waals surface area contributed by atoms with Crippen LogP contribution in [0, 0.1) is 0 Å². The van der Waals surface area contributed by atoms with E-state index in [1.165, 1.54) is 0 Å². The molecule has 2 aliphatic heterocycles. The standard InChI is InChI=1S/C6H7BrO3/c7-4-1-3-2-9-6(10-3)5(4)8/h1,3,5-6,8H,2H2/t3-,5-,6+/m0/s1. The predicted molar refractivity (Wildman–Crippen MR) is 37.6 cm³/mol. The largest absolute Gasteiger partial charge is 0.383 e. The van der Waals surface area contributed by atoms with Gasteiger partial charge in [0.25, 0.3) is 0 Å². The number of aliphatic hydroxyl groups is 1. The van der Waals surface area contributed by atoms with E-state index in [1.807, 2.05) is 6.08 Å². The maximum absolute atomic E-state index is 9.30. The third-order valence-electron chi connectivity index (χ3n) is 1.62. The Morgan fingerprint density at radius 1 is 1.70 bits per heavy atom. The lowest BCUT2D eigenvalue weighted by Gasteiger charge is -2.20. The predicted octanol–water partition coefficient (Wildman–Crippen LogP) is 0.381. The minimum atomic E-state index is -0.640. The van der Waals surface area contributed by atoms with E-state index in [-0.39, 0.29) is 6.10 Å². The second kappa shape index (κ2) is 2.30. The molecule has 3 nitrogen and oxygen atoms in total. The Hall–Kier alpha value is 0.1000. The van der Waals surface area contributed by atoms with Gasteiger partial charge in [0, 0.05) is 4.48 Å². The molecule has 2 aliphatic rings. The van der Waals surface area contributed by atoms with Crippen molar-refractivity contribution in [2.45, 2.75) is 18.5 Å². The van der Waals surface area contributed by atoms with Gasteiger partial charge in [0.1, 0.15) is 12.2 Å². The normalized spacial score (nSPS) is 45.4. The van der Waals surface area contributed by atoms with Gasteiger partial charge in [0.2, 0.25) is 0 Å². The van der Waals surface area contributed by atoms with Crippen LogP contribution in [0.1, 0.15) is 0 Å². The van der Waals surface area contributed by atoms with Crippen molar-refractivity contribution in [3.63, 3.8) is 0 Å². The summed E-state index contributed by atoms with van der Waals surface area (Å²) in [7, 11) is 0. The Morgan fingerprint density at radius 2 is 2.50 bits per heavy atom. The van der Waals surface area contributed by atoms with Gasteiger partial charge in [-0.1, -0.05) is 15.9 Å². The molecule has 4 heteroatoms. The van der Waals surface area contributed by atoms with E-state index in [1.54, 1.807) is 0 Å². The lowest BCUT2D eigenvalue weighted by molar-refractivity contribution is -0.116. The molecule has 1 saturated heterocycles. The first kappa shape index (κ1) is 6.79. The molecule has 0 aliphatic carbocycles. The quantitative estimate of drug-likeness (QED) is 0.624. The summed E-state index contributed by atoms with van der Waals surface area (Å²) in [5.41, 5.74) is 0. The average molecular weight is 207 g/mol. The van der Waals surface area contributed by atoms with Gasteiger partial charge in [-0.2, -0.15) is 0 Å². The van der Waals surface area contributed by atoms with E-state index >= 15 is 0 Å². The Morgan fingerprint density at radius 3 is 3.30 bits per heavy atom. The zero-order valence-electron chi connectivity index (χ0n) is 5.16. The Bertz CT molecular complexity index is 180. The summed E-state index contributed by atoms with van der Waals surface area (Å²) in [6.07, 6.45) is 0.764. The highest BCUT2D eigenvalue weighted by Crippen LogP contribution is 2.29. The minimum absolute atomic E-state index is 0.0303. The number of fused-ring (bicyclic) bond motifs is 2. The zero-order chi connectivity index (χ0) is 7.14. The van der Waals surface area contributed by atoms with Crippen LogP contribution >= 0.6 is 15.9 Å². The van der Waals surface area contributed by atoms with Crippen molar-refractivity contribution in [2.24, 2.45) is 0 Å². The Kier molecular flexibility index (Phi) is 1.56. The first-order valence-electron chi connectivity index (χ1n) is 3.10. The minimum Gasteiger partial charge on any atom is -0.383 e. The lowest BCUT2D eigenvalue weighted by Crippen LogP contribution is -2.30. The van der Waals surface area contributed by atoms with E-state index in [9.17, 15) is 5.11 Å². The molecule has 10 heavy (non-hydrogen) atoms. The molecule has 0 amide bonds. The number of hydrogen-bond donors (Lipinski definition) is 1. The van der Waals surface area contributed by atoms with E-state index in [4.69, 9.17) is 9.47 Å². The third-order valence-corrected chi connectivity index (χ3v) is 2.35. The van der Waals surface area contributed by atoms with Crippen LogP contribution in [0.3, 0.4) is 0 Å². The van der Waals surface area contributed by atoms with Gasteiger partial charge in [-0.05, 0) is 6.08 Å². The summed E-state index contributed by atoms with van der Waals surface area (Å²) in [6, 6.07) is 0. The molecule has 2 bridgehead atoms. The fourth-order valence-electron chi connectivity index (χ4n) is 1.10. The van der Waals surface area contributed by atoms with Crippen LogP contribution in [0.2, 0.25) is 0 Å². The molecule has 0 spiro atoms. The monoisotopic (exact) mass is 206 g/mol. The fourth-order valence-corrected chi connectivity index (χ4v) is 1.61. The van der Waals surface area contributed by atoms with Crippen LogP contribution in [0.5, 0.6) is 0 Å². The van der Waals surface area contributed by atoms with Crippen molar-refractivity contribution in [1.82, 2.24) is 0 Å². The Balaban J connectivity index is 2.25. The van der Waals surface area contributed by atoms with Crippen LogP contribution in [0.25, 0.3) is 0 Å². The smallest absolute Gasteiger partial charge is 0.189 e. The van der Waals surface area contributed by atoms with Gasteiger partial charge in [-0.15, -0.1) is 0 Å². The summed E-state index contributed by atoms with van der Waals surface area (Å²) < 4.78 is 11.1. The molecular formula is C6H7BrO3. The van der Waals surface area contributed by atoms with Gasteiger partial charge < -0.3 is 14.6 Å². The molecule has 0 saturated carbocycles. The van der Waals surface area contributed by atoms with Crippen LogP contribution in [-0.2, 0) is 9.47 Å². The average Bonchev–Trinajstić information content (AvgIpc) is 2.29. The molecule has 0 aromatic carbocycles. The SMILES string of the molecule is O[C@H]1C(Br)=C[C@H]2CO[C@@H]1O2. The summed E-state index contributed by atoms with van der Waals surface area (Å²) >= 11 is 3.23. The number of hydrogen-bond acceptors (Lipinski definition) is 3. The second-order valence-corrected chi connectivity index (χ2v) is 3.29. The molecular weight excluding hydrogens is 200 g/mol. The highest BCUT2D eigenvalue weighted by atomic mass is 79.9. The molecule has 2 rings (SSSR count). The van der Waals surface area contributed by atoms with Crippen LogP contribution in [0.15, 0.2) is 10.6 Å². The van der Waals surface area contributed by atoms with Crippen molar-refractivity contribution < 1.29 is 14.6 Å². The molecule has 3 atom stereocenters. The maximum Gasteiger partial charge on any atom is 0.189 e. The molecule has 2 heterocycles. The summed E-state index contributed by atoms with van der Waals surface area (Å²) in [5.74, 6) is 0. The summed E-state index contributed by atoms with van der Waals surface area (Å²) in [4.78, 5) is 0. The van der Waals surface area contributed by atoms with Crippen LogP contribution in [-0.4, -0.2) is 30.2 Å². The summed E-state index contributed by atoms with van der Waals surface area (Å²) in [5, 5.41) is 9.30. The first-order chi connectivity index (χ1) is 4.77. The van der Waals surface area contributed by atoms with Crippen LogP contribution < -0.4 is 0 Å². The van der Waals surface area contributed by atoms with Crippen molar-refractivity contribution in [2.75, 3.05) is 6.61 Å². The molecule has 1 fully saturated rings. The van der Waals surface area contributed by atoms with Crippen molar-refractivity contribution in [3.8, 4) is 0 Å². The molecule has 1 N–H and O–H groups in total. The van der Waals surface area contributed by atoms with Gasteiger partial charge in [-0.3, -0.25) is 0 Å². The second-order valence-electron chi connectivity index (χ2n) is 2.37. The Labute approximate surface area is 66.8 Å². The van der Waals surface area contributed by atoms with Gasteiger partial charge in [0.15, 0.2) is 6.29 Å². The van der Waals surface area contributed by atoms with Gasteiger partial charge >= 0.3 is 0 Å². The number of aliphatic hydroxyl groups excluding tert-OH is 1. The molecule has 0 aromatic heterocycles. The highest BCUT2D eigenvalue weighted by Gasteiger charge is 2.36. The molecule has 0 aromatic rings. The van der Waals surface area contributed by atoms with E-state index in [0.29, 0.717) is 6.61 Å². The first-order valence-corrected chi connectivity index (χ1v) is 3.89. The van der Waals surface area contributed by atoms with Gasteiger partial charge in [0.05, 0.1) is 6.61 Å². The molecule has 56 valence electrons. The number of rotatable bonds is 0. The highest BCUT2D eigenvalue weighted by molar-refractivity contribution is 9.11. The molecule has 0 unspecified atom stereocenters. The molecule has 0 radical (unpaired) electrons.